The van der Waals surface area contributed by atoms with Gasteiger partial charge in [-0.15, -0.1) is 0 Å². The van der Waals surface area contributed by atoms with Crippen LogP contribution in [0.15, 0.2) is 0 Å². The van der Waals surface area contributed by atoms with Crippen molar-refractivity contribution < 1.29 is 23.1 Å². The van der Waals surface area contributed by atoms with E-state index < -0.39 is 24.2 Å². The summed E-state index contributed by atoms with van der Waals surface area (Å²) in [6, 6.07) is 0. The molecule has 0 aromatic carbocycles. The molecule has 0 aliphatic rings. The van der Waals surface area contributed by atoms with Gasteiger partial charge in [-0.05, 0) is 19.9 Å². The summed E-state index contributed by atoms with van der Waals surface area (Å²) < 4.78 is 36.4. The van der Waals surface area contributed by atoms with Gasteiger partial charge in [-0.1, -0.05) is 13.8 Å². The Labute approximate surface area is 86.9 Å². The van der Waals surface area contributed by atoms with Crippen molar-refractivity contribution in [3.63, 3.8) is 0 Å². The molecule has 0 spiro atoms. The maximum atomic E-state index is 12.1. The van der Waals surface area contributed by atoms with Crippen LogP contribution in [-0.2, 0) is 4.79 Å². The molecule has 0 saturated carbocycles. The van der Waals surface area contributed by atoms with Crippen molar-refractivity contribution in [3.05, 3.63) is 0 Å². The Morgan fingerprint density at radius 1 is 1.27 bits per heavy atom. The topological polar surface area (TPSA) is 40.5 Å². The fourth-order valence-corrected chi connectivity index (χ4v) is 1.68. The average Bonchev–Trinajstić information content (AvgIpc) is 2.03. The van der Waals surface area contributed by atoms with Gasteiger partial charge in [0.25, 0.3) is 0 Å². The van der Waals surface area contributed by atoms with Gasteiger partial charge in [0, 0.05) is 0 Å². The van der Waals surface area contributed by atoms with Crippen LogP contribution in [0.25, 0.3) is 0 Å². The Hall–Kier alpha value is -0.780. The molecule has 0 radical (unpaired) electrons. The number of carboxylic acids is 1. The molecular formula is C9H16F3NO2. The van der Waals surface area contributed by atoms with E-state index in [0.717, 1.165) is 4.90 Å². The molecule has 0 unspecified atom stereocenters. The lowest BCUT2D eigenvalue weighted by atomic mass is 9.91. The molecule has 0 atom stereocenters. The molecule has 0 fully saturated rings. The molecule has 0 aromatic heterocycles. The van der Waals surface area contributed by atoms with Crippen molar-refractivity contribution in [1.29, 1.82) is 0 Å². The highest BCUT2D eigenvalue weighted by Crippen LogP contribution is 2.27. The summed E-state index contributed by atoms with van der Waals surface area (Å²) in [4.78, 5) is 11.9. The molecule has 0 aliphatic heterocycles. The molecule has 0 saturated heterocycles. The van der Waals surface area contributed by atoms with E-state index in [1.165, 1.54) is 7.05 Å². The quantitative estimate of drug-likeness (QED) is 0.782. The number of alkyl halides is 3. The van der Waals surface area contributed by atoms with E-state index in [1.54, 1.807) is 13.8 Å². The van der Waals surface area contributed by atoms with E-state index in [0.29, 0.717) is 0 Å². The number of hydrogen-bond acceptors (Lipinski definition) is 2. The standard InChI is InChI=1S/C9H16F3NO2/c1-4-8(5-2,7(14)15)13(3)6-9(10,11)12/h4-6H2,1-3H3,(H,14,15). The second kappa shape index (κ2) is 4.83. The summed E-state index contributed by atoms with van der Waals surface area (Å²) in [7, 11) is 1.19. The second-order valence-electron chi connectivity index (χ2n) is 3.52. The van der Waals surface area contributed by atoms with Crippen LogP contribution in [0.5, 0.6) is 0 Å². The zero-order valence-corrected chi connectivity index (χ0v) is 9.06. The summed E-state index contributed by atoms with van der Waals surface area (Å²) in [5, 5.41) is 8.98. The van der Waals surface area contributed by atoms with Crippen LogP contribution in [0.2, 0.25) is 0 Å². The zero-order valence-electron chi connectivity index (χ0n) is 9.06. The SMILES string of the molecule is CCC(CC)(C(=O)O)N(C)CC(F)(F)F. The van der Waals surface area contributed by atoms with Crippen molar-refractivity contribution >= 4 is 5.97 Å². The average molecular weight is 227 g/mol. The Kier molecular flexibility index (Phi) is 4.58. The number of aliphatic carboxylic acids is 1. The minimum absolute atomic E-state index is 0.144. The number of halogens is 3. The summed E-state index contributed by atoms with van der Waals surface area (Å²) >= 11 is 0. The van der Waals surface area contributed by atoms with Crippen LogP contribution < -0.4 is 0 Å². The van der Waals surface area contributed by atoms with Gasteiger partial charge >= 0.3 is 12.1 Å². The van der Waals surface area contributed by atoms with Gasteiger partial charge in [0.1, 0.15) is 5.54 Å². The second-order valence-corrected chi connectivity index (χ2v) is 3.52. The maximum absolute atomic E-state index is 12.1. The molecule has 6 heteroatoms. The number of likely N-dealkylation sites (N-methyl/N-ethyl adjacent to an activating group) is 1. The lowest BCUT2D eigenvalue weighted by Gasteiger charge is -2.37. The van der Waals surface area contributed by atoms with E-state index >= 15 is 0 Å². The van der Waals surface area contributed by atoms with E-state index in [2.05, 4.69) is 0 Å². The summed E-state index contributed by atoms with van der Waals surface area (Å²) in [6.07, 6.45) is -4.09. The largest absolute Gasteiger partial charge is 0.480 e. The summed E-state index contributed by atoms with van der Waals surface area (Å²) in [6.45, 7) is 1.94. The van der Waals surface area contributed by atoms with E-state index in [1.807, 2.05) is 0 Å². The monoisotopic (exact) mass is 227 g/mol. The molecule has 0 amide bonds. The molecular weight excluding hydrogens is 211 g/mol. The summed E-state index contributed by atoms with van der Waals surface area (Å²) in [5.41, 5.74) is -1.42. The zero-order chi connectivity index (χ0) is 12.3. The predicted octanol–water partition coefficient (Wildman–Crippen LogP) is 2.12. The first-order valence-electron chi connectivity index (χ1n) is 4.71. The van der Waals surface area contributed by atoms with Crippen LogP contribution in [0.1, 0.15) is 26.7 Å². The molecule has 15 heavy (non-hydrogen) atoms. The highest BCUT2D eigenvalue weighted by Gasteiger charge is 2.43. The summed E-state index contributed by atoms with van der Waals surface area (Å²) in [5.74, 6) is -1.21. The third-order valence-corrected chi connectivity index (χ3v) is 2.72. The van der Waals surface area contributed by atoms with Gasteiger partial charge in [0.2, 0.25) is 0 Å². The molecule has 3 nitrogen and oxygen atoms in total. The van der Waals surface area contributed by atoms with Crippen LogP contribution >= 0.6 is 0 Å². The third kappa shape index (κ3) is 3.37. The fourth-order valence-electron chi connectivity index (χ4n) is 1.68. The first-order chi connectivity index (χ1) is 6.69. The Bertz CT molecular complexity index is 224. The van der Waals surface area contributed by atoms with Gasteiger partial charge in [-0.3, -0.25) is 9.69 Å². The Morgan fingerprint density at radius 2 is 1.67 bits per heavy atom. The molecule has 90 valence electrons. The van der Waals surface area contributed by atoms with Crippen LogP contribution in [-0.4, -0.2) is 41.3 Å². The number of hydrogen-bond donors (Lipinski definition) is 1. The highest BCUT2D eigenvalue weighted by molar-refractivity contribution is 5.78. The van der Waals surface area contributed by atoms with Crippen molar-refractivity contribution in [1.82, 2.24) is 4.90 Å². The third-order valence-electron chi connectivity index (χ3n) is 2.72. The van der Waals surface area contributed by atoms with Crippen LogP contribution in [0.3, 0.4) is 0 Å². The van der Waals surface area contributed by atoms with E-state index in [-0.39, 0.29) is 12.8 Å². The van der Waals surface area contributed by atoms with Gasteiger partial charge < -0.3 is 5.11 Å². The number of carbonyl (C=O) groups is 1. The van der Waals surface area contributed by atoms with Gasteiger partial charge in [-0.25, -0.2) is 0 Å². The molecule has 0 aliphatic carbocycles. The van der Waals surface area contributed by atoms with E-state index in [9.17, 15) is 18.0 Å². The fraction of sp³-hybridized carbons (Fsp3) is 0.889. The van der Waals surface area contributed by atoms with Crippen molar-refractivity contribution in [3.8, 4) is 0 Å². The lowest BCUT2D eigenvalue weighted by Crippen LogP contribution is -2.54. The van der Waals surface area contributed by atoms with E-state index in [4.69, 9.17) is 5.11 Å². The minimum Gasteiger partial charge on any atom is -0.480 e. The van der Waals surface area contributed by atoms with Crippen molar-refractivity contribution in [2.45, 2.75) is 38.4 Å². The maximum Gasteiger partial charge on any atom is 0.401 e. The molecule has 1 N–H and O–H groups in total. The Morgan fingerprint density at radius 3 is 1.87 bits per heavy atom. The van der Waals surface area contributed by atoms with Crippen molar-refractivity contribution in [2.24, 2.45) is 0 Å². The van der Waals surface area contributed by atoms with Crippen LogP contribution in [0, 0.1) is 0 Å². The normalized spacial score (nSPS) is 13.3. The molecule has 0 bridgehead atoms. The van der Waals surface area contributed by atoms with Gasteiger partial charge in [0.05, 0.1) is 6.54 Å². The lowest BCUT2D eigenvalue weighted by molar-refractivity contribution is -0.171. The number of carboxylic acid groups (broad SMARTS) is 1. The smallest absolute Gasteiger partial charge is 0.401 e. The van der Waals surface area contributed by atoms with Gasteiger partial charge in [-0.2, -0.15) is 13.2 Å². The minimum atomic E-state index is -4.38. The Balaban J connectivity index is 4.85. The number of rotatable bonds is 5. The molecule has 0 heterocycles. The first kappa shape index (κ1) is 14.2. The molecule has 0 aromatic rings. The number of nitrogens with zero attached hydrogens (tertiary/aromatic N) is 1. The first-order valence-corrected chi connectivity index (χ1v) is 4.71. The highest BCUT2D eigenvalue weighted by atomic mass is 19.4. The van der Waals surface area contributed by atoms with Crippen LogP contribution in [0.4, 0.5) is 13.2 Å². The predicted molar refractivity (Wildman–Crippen MR) is 49.6 cm³/mol. The molecule has 0 rings (SSSR count). The van der Waals surface area contributed by atoms with Crippen molar-refractivity contribution in [2.75, 3.05) is 13.6 Å². The van der Waals surface area contributed by atoms with Gasteiger partial charge in [0.15, 0.2) is 0 Å².